The van der Waals surface area contributed by atoms with Crippen molar-refractivity contribution in [1.29, 1.82) is 5.41 Å². The molecule has 0 saturated carbocycles. The number of nitrogen functional groups attached to an aromatic ring is 2. The van der Waals surface area contributed by atoms with Gasteiger partial charge in [0.25, 0.3) is 0 Å². The van der Waals surface area contributed by atoms with Crippen LogP contribution in [0.25, 0.3) is 5.65 Å². The molecule has 250 valence electrons. The number of nitrogens with zero attached hydrogens (tertiary/aromatic N) is 6. The van der Waals surface area contributed by atoms with E-state index in [2.05, 4.69) is 10.1 Å². The Morgan fingerprint density at radius 2 is 2.10 bits per heavy atom. The van der Waals surface area contributed by atoms with E-state index >= 15 is 0 Å². The second kappa shape index (κ2) is 12.3. The van der Waals surface area contributed by atoms with Gasteiger partial charge in [-0.05, 0) is 25.5 Å². The van der Waals surface area contributed by atoms with Crippen molar-refractivity contribution < 1.29 is 43.2 Å². The van der Waals surface area contributed by atoms with Crippen molar-refractivity contribution in [3.8, 4) is 0 Å². The number of carboxylic acid groups (broad SMARTS) is 2. The van der Waals surface area contributed by atoms with Crippen LogP contribution in [0, 0.1) is 11.3 Å². The average Bonchev–Trinajstić information content (AvgIpc) is 3.83. The largest absolute Gasteiger partial charge is 0.543 e. The first kappa shape index (κ1) is 32.5. The number of Topliss-reactive ketones (excluding diaryl/α,β-unsaturated/α-hetero) is 1. The van der Waals surface area contributed by atoms with E-state index in [1.165, 1.54) is 37.3 Å². The van der Waals surface area contributed by atoms with Gasteiger partial charge in [0, 0.05) is 17.6 Å². The number of carbonyl (C=O) groups excluding carboxylic acids is 3. The van der Waals surface area contributed by atoms with Gasteiger partial charge in [-0.1, -0.05) is 5.16 Å². The number of β-lactam (4-membered cyclic amide) rings is 1. The fraction of sp³-hybridized carbons (Fsp3) is 0.310. The summed E-state index contributed by atoms with van der Waals surface area (Å²) in [5.74, 6) is -4.17. The Bertz CT molecular complexity index is 2050. The molecule has 1 saturated heterocycles. The van der Waals surface area contributed by atoms with E-state index in [1.54, 1.807) is 23.1 Å². The van der Waals surface area contributed by atoms with Gasteiger partial charge in [0.1, 0.15) is 36.3 Å². The molecule has 0 spiro atoms. The van der Waals surface area contributed by atoms with E-state index in [4.69, 9.17) is 26.1 Å². The normalized spacial score (nSPS) is 18.2. The molecule has 2 atom stereocenters. The van der Waals surface area contributed by atoms with Crippen LogP contribution in [0.4, 0.5) is 5.13 Å². The van der Waals surface area contributed by atoms with Gasteiger partial charge in [-0.15, -0.1) is 27.6 Å². The number of nitrogens with one attached hydrogen (secondary N) is 1. The van der Waals surface area contributed by atoms with Crippen LogP contribution in [0.15, 0.2) is 63.2 Å². The molecule has 2 aliphatic rings. The van der Waals surface area contributed by atoms with Crippen molar-refractivity contribution >= 4 is 69.1 Å². The summed E-state index contributed by atoms with van der Waals surface area (Å²) in [4.78, 5) is 61.1. The lowest BCUT2D eigenvalue weighted by Gasteiger charge is -2.50. The number of furan rings is 1. The van der Waals surface area contributed by atoms with Crippen LogP contribution in [-0.2, 0) is 37.1 Å². The summed E-state index contributed by atoms with van der Waals surface area (Å²) >= 11 is 2.36. The lowest BCUT2D eigenvalue weighted by Crippen LogP contribution is -2.63. The Labute approximate surface area is 279 Å². The van der Waals surface area contributed by atoms with Crippen molar-refractivity contribution in [2.75, 3.05) is 11.5 Å². The second-order valence-electron chi connectivity index (χ2n) is 11.6. The minimum atomic E-state index is -1.76. The van der Waals surface area contributed by atoms with E-state index in [9.17, 15) is 29.4 Å². The Morgan fingerprint density at radius 3 is 2.75 bits per heavy atom. The third-order valence-electron chi connectivity index (χ3n) is 7.90. The smallest absolute Gasteiger partial charge is 0.350 e. The van der Waals surface area contributed by atoms with E-state index in [-0.39, 0.29) is 46.8 Å². The summed E-state index contributed by atoms with van der Waals surface area (Å²) in [6, 6.07) is 3.53. The molecular weight excluding hydrogens is 667 g/mol. The molecule has 6 heterocycles. The monoisotopic (exact) mass is 695 g/mol. The predicted molar refractivity (Wildman–Crippen MR) is 169 cm³/mol. The van der Waals surface area contributed by atoms with Crippen LogP contribution in [-0.4, -0.2) is 76.1 Å². The topological polar surface area (TPSA) is 252 Å². The molecule has 1 amide bonds. The number of carboxylic acids is 2. The summed E-state index contributed by atoms with van der Waals surface area (Å²) in [5.41, 5.74) is 10.7. The quantitative estimate of drug-likeness (QED) is 0.0465. The van der Waals surface area contributed by atoms with Crippen LogP contribution in [0.2, 0.25) is 0 Å². The molecule has 0 aliphatic carbocycles. The first-order valence-corrected chi connectivity index (χ1v) is 16.3. The van der Waals surface area contributed by atoms with Crippen molar-refractivity contribution in [2.24, 2.45) is 16.8 Å². The summed E-state index contributed by atoms with van der Waals surface area (Å²) in [6.45, 7) is 3.02. The molecule has 2 aliphatic heterocycles. The number of amidine groups is 1. The maximum Gasteiger partial charge on any atom is 0.350 e. The van der Waals surface area contributed by atoms with E-state index in [1.807, 2.05) is 21.3 Å². The minimum absolute atomic E-state index is 0.0653. The average molecular weight is 696 g/mol. The molecule has 6 N–H and O–H groups in total. The molecule has 6 rings (SSSR count). The number of aromatic nitrogens is 4. The minimum Gasteiger partial charge on any atom is -0.543 e. The van der Waals surface area contributed by atoms with Gasteiger partial charge in [0.05, 0.1) is 47.3 Å². The van der Waals surface area contributed by atoms with Crippen LogP contribution < -0.4 is 21.1 Å². The molecule has 48 heavy (non-hydrogen) atoms. The number of fused-ring (bicyclic) bond motifs is 2. The Kier molecular flexibility index (Phi) is 8.33. The highest BCUT2D eigenvalue weighted by atomic mass is 32.2. The van der Waals surface area contributed by atoms with Crippen molar-refractivity contribution in [1.82, 2.24) is 19.1 Å². The Hall–Kier alpha value is -5.43. The molecule has 0 radical (unpaired) electrons. The zero-order valence-electron chi connectivity index (χ0n) is 25.5. The number of nitrogens with two attached hydrogens (primary N) is 2. The number of rotatable bonds is 13. The number of oxime groups is 1. The zero-order chi connectivity index (χ0) is 34.5. The third-order valence-corrected chi connectivity index (χ3v) is 9.97. The molecule has 17 nitrogen and oxygen atoms in total. The number of imidazole rings is 1. The van der Waals surface area contributed by atoms with Crippen LogP contribution in [0.1, 0.15) is 37.3 Å². The molecule has 0 aromatic carbocycles. The molecule has 0 unspecified atom stereocenters. The summed E-state index contributed by atoms with van der Waals surface area (Å²) in [5, 5.41) is 34.1. The van der Waals surface area contributed by atoms with Gasteiger partial charge in [-0.2, -0.15) is 0 Å². The van der Waals surface area contributed by atoms with Gasteiger partial charge in [-0.25, -0.2) is 19.0 Å². The van der Waals surface area contributed by atoms with Gasteiger partial charge < -0.3 is 35.7 Å². The number of hydrogen-bond donors (Lipinski definition) is 4. The SMILES string of the molecule is CC(C)(O/N=C(\C(=O)C[C@@H]1C(=O)N2C(C(=O)[O-])=C(Cn3ccc4n3cc[n+]4Cc3cc(C(=N)N)co3)CS[C@H]12)c1csc(N)n1)C(=O)O. The highest BCUT2D eigenvalue weighted by Crippen LogP contribution is 2.45. The number of thiazole rings is 1. The predicted octanol–water partition coefficient (Wildman–Crippen LogP) is -0.229. The molecule has 4 aromatic heterocycles. The summed E-state index contributed by atoms with van der Waals surface area (Å²) < 4.78 is 11.0. The summed E-state index contributed by atoms with van der Waals surface area (Å²) in [6.07, 6.45) is 6.48. The Morgan fingerprint density at radius 1 is 1.33 bits per heavy atom. The van der Waals surface area contributed by atoms with Gasteiger partial charge >= 0.3 is 11.6 Å². The molecular formula is C29H29N9O8S2. The van der Waals surface area contributed by atoms with Gasteiger partial charge in [0.2, 0.25) is 11.5 Å². The molecule has 1 fully saturated rings. The van der Waals surface area contributed by atoms with Crippen LogP contribution in [0.5, 0.6) is 0 Å². The Balaban J connectivity index is 1.20. The first-order chi connectivity index (χ1) is 22.7. The van der Waals surface area contributed by atoms with Crippen molar-refractivity contribution in [3.05, 3.63) is 70.7 Å². The number of anilines is 1. The van der Waals surface area contributed by atoms with Crippen molar-refractivity contribution in [3.63, 3.8) is 0 Å². The summed E-state index contributed by atoms with van der Waals surface area (Å²) in [7, 11) is 0. The van der Waals surface area contributed by atoms with E-state index < -0.39 is 40.5 Å². The first-order valence-electron chi connectivity index (χ1n) is 14.3. The van der Waals surface area contributed by atoms with Crippen LogP contribution >= 0.6 is 23.1 Å². The number of ketones is 1. The fourth-order valence-corrected chi connectivity index (χ4v) is 7.28. The van der Waals surface area contributed by atoms with Crippen LogP contribution in [0.3, 0.4) is 0 Å². The van der Waals surface area contributed by atoms with Gasteiger partial charge in [-0.3, -0.25) is 19.9 Å². The number of hydrogen-bond acceptors (Lipinski definition) is 13. The van der Waals surface area contributed by atoms with Gasteiger partial charge in [0.15, 0.2) is 22.8 Å². The lowest BCUT2D eigenvalue weighted by molar-refractivity contribution is -0.663. The number of amides is 1. The standard InChI is InChI=1S/C29H29N9O8S2/c1-29(2,27(43)44)46-34-21(18-13-48-28(32)33-18)19(39)8-17-24(40)38-22(26(41)42)15(12-47-25(17)38)9-36-4-3-20-35(5-6-37(20)36)10-16-7-14(11-45-16)23(30)31/h3-7,11,13,17,25H,8-10,12H2,1-2H3,(H6-,30,31,32,33,41,42,43,44)/b34-21-/t17-,25-/m1/s1. The second-order valence-corrected chi connectivity index (χ2v) is 13.6. The third kappa shape index (κ3) is 5.92. The molecule has 4 aromatic rings. The van der Waals surface area contributed by atoms with E-state index in [0.29, 0.717) is 23.4 Å². The zero-order valence-corrected chi connectivity index (χ0v) is 27.1. The molecule has 0 bridgehead atoms. The lowest BCUT2D eigenvalue weighted by atomic mass is 9.89. The number of thioether (sulfide) groups is 1. The highest BCUT2D eigenvalue weighted by Gasteiger charge is 2.53. The number of aliphatic carboxylic acids is 2. The highest BCUT2D eigenvalue weighted by molar-refractivity contribution is 8.00. The van der Waals surface area contributed by atoms with E-state index in [0.717, 1.165) is 21.9 Å². The number of carbonyl (C=O) groups is 4. The molecule has 19 heteroatoms. The fourth-order valence-electron chi connectivity index (χ4n) is 5.33. The maximum absolute atomic E-state index is 13.4. The maximum atomic E-state index is 13.4. The van der Waals surface area contributed by atoms with Crippen molar-refractivity contribution in [2.45, 2.75) is 44.3 Å².